The largest absolute Gasteiger partial charge is 0.481 e. The highest BCUT2D eigenvalue weighted by Crippen LogP contribution is 2.29. The van der Waals surface area contributed by atoms with Gasteiger partial charge in [0.2, 0.25) is 5.88 Å². The normalized spacial score (nSPS) is 10.4. The number of pyridine rings is 1. The molecule has 0 saturated heterocycles. The van der Waals surface area contributed by atoms with Crippen molar-refractivity contribution in [1.82, 2.24) is 4.98 Å². The average Bonchev–Trinajstić information content (AvgIpc) is 2.34. The Morgan fingerprint density at radius 2 is 1.94 bits per heavy atom. The fraction of sp³-hybridized carbons (Fsp3) is 0.154. The summed E-state index contributed by atoms with van der Waals surface area (Å²) in [6, 6.07) is 5.68. The van der Waals surface area contributed by atoms with Gasteiger partial charge < -0.3 is 4.74 Å². The van der Waals surface area contributed by atoms with Gasteiger partial charge in [0.1, 0.15) is 0 Å². The van der Waals surface area contributed by atoms with Crippen molar-refractivity contribution in [2.75, 3.05) is 7.11 Å². The van der Waals surface area contributed by atoms with Gasteiger partial charge in [0.25, 0.3) is 0 Å². The molecule has 0 aliphatic carbocycles. The first-order valence-corrected chi connectivity index (χ1v) is 5.08. The monoisotopic (exact) mass is 235 g/mol. The van der Waals surface area contributed by atoms with E-state index < -0.39 is 11.6 Å². The molecule has 0 aliphatic heterocycles. The van der Waals surface area contributed by atoms with Crippen molar-refractivity contribution in [2.24, 2.45) is 0 Å². The van der Waals surface area contributed by atoms with E-state index in [4.69, 9.17) is 4.74 Å². The molecule has 2 nitrogen and oxygen atoms in total. The van der Waals surface area contributed by atoms with Gasteiger partial charge in [0, 0.05) is 17.8 Å². The quantitative estimate of drug-likeness (QED) is 0.796. The highest BCUT2D eigenvalue weighted by atomic mass is 19.2. The summed E-state index contributed by atoms with van der Waals surface area (Å²) in [5, 5.41) is 0. The Bertz CT molecular complexity index is 555. The van der Waals surface area contributed by atoms with Gasteiger partial charge in [-0.2, -0.15) is 0 Å². The van der Waals surface area contributed by atoms with Gasteiger partial charge in [0.05, 0.1) is 7.11 Å². The van der Waals surface area contributed by atoms with Gasteiger partial charge in [-0.3, -0.25) is 0 Å². The smallest absolute Gasteiger partial charge is 0.213 e. The molecule has 0 spiro atoms. The molecule has 0 unspecified atom stereocenters. The van der Waals surface area contributed by atoms with Gasteiger partial charge in [-0.15, -0.1) is 0 Å². The second-order valence-electron chi connectivity index (χ2n) is 3.64. The molecule has 17 heavy (non-hydrogen) atoms. The predicted molar refractivity (Wildman–Crippen MR) is 60.9 cm³/mol. The maximum Gasteiger partial charge on any atom is 0.213 e. The van der Waals surface area contributed by atoms with E-state index in [1.807, 2.05) is 0 Å². The van der Waals surface area contributed by atoms with Crippen LogP contribution in [0.1, 0.15) is 5.56 Å². The second-order valence-corrected chi connectivity index (χ2v) is 3.64. The zero-order valence-electron chi connectivity index (χ0n) is 9.50. The van der Waals surface area contributed by atoms with E-state index in [9.17, 15) is 8.78 Å². The van der Waals surface area contributed by atoms with Crippen LogP contribution in [0.3, 0.4) is 0 Å². The number of rotatable bonds is 2. The molecule has 1 aromatic carbocycles. The maximum absolute atomic E-state index is 13.7. The zero-order valence-corrected chi connectivity index (χ0v) is 9.50. The first-order chi connectivity index (χ1) is 8.13. The molecular weight excluding hydrogens is 224 g/mol. The first-order valence-electron chi connectivity index (χ1n) is 5.08. The summed E-state index contributed by atoms with van der Waals surface area (Å²) >= 11 is 0. The van der Waals surface area contributed by atoms with E-state index in [1.165, 1.54) is 19.2 Å². The van der Waals surface area contributed by atoms with Crippen molar-refractivity contribution in [3.63, 3.8) is 0 Å². The van der Waals surface area contributed by atoms with Crippen LogP contribution in [0.2, 0.25) is 0 Å². The summed E-state index contributed by atoms with van der Waals surface area (Å²) in [6.45, 7) is 1.78. The first kappa shape index (κ1) is 11.5. The lowest BCUT2D eigenvalue weighted by Gasteiger charge is -2.09. The third kappa shape index (κ3) is 2.11. The van der Waals surface area contributed by atoms with Crippen LogP contribution in [-0.2, 0) is 0 Å². The van der Waals surface area contributed by atoms with Crippen LogP contribution in [0.4, 0.5) is 8.78 Å². The molecule has 0 amide bonds. The molecule has 0 bridgehead atoms. The van der Waals surface area contributed by atoms with Crippen LogP contribution < -0.4 is 4.74 Å². The standard InChI is InChI=1S/C13H11F2NO/c1-8-7-16-12(17-2)6-10(8)9-4-3-5-11(14)13(9)15/h3-7H,1-2H3. The van der Waals surface area contributed by atoms with Crippen molar-refractivity contribution in [1.29, 1.82) is 0 Å². The lowest BCUT2D eigenvalue weighted by Crippen LogP contribution is -1.94. The summed E-state index contributed by atoms with van der Waals surface area (Å²) in [7, 11) is 1.48. The minimum atomic E-state index is -0.863. The van der Waals surface area contributed by atoms with Crippen molar-refractivity contribution in [3.05, 3.63) is 47.7 Å². The van der Waals surface area contributed by atoms with Gasteiger partial charge in [-0.1, -0.05) is 12.1 Å². The molecule has 1 aromatic heterocycles. The summed E-state index contributed by atoms with van der Waals surface area (Å²) in [5.41, 5.74) is 1.55. The predicted octanol–water partition coefficient (Wildman–Crippen LogP) is 3.34. The van der Waals surface area contributed by atoms with E-state index in [0.717, 1.165) is 11.6 Å². The van der Waals surface area contributed by atoms with Gasteiger partial charge >= 0.3 is 0 Å². The van der Waals surface area contributed by atoms with E-state index in [-0.39, 0.29) is 5.56 Å². The molecule has 0 aliphatic rings. The Kier molecular flexibility index (Phi) is 3.04. The molecule has 0 saturated carbocycles. The van der Waals surface area contributed by atoms with Crippen LogP contribution >= 0.6 is 0 Å². The Labute approximate surface area is 97.9 Å². The summed E-state index contributed by atoms with van der Waals surface area (Å²) in [4.78, 5) is 4.00. The minimum Gasteiger partial charge on any atom is -0.481 e. The third-order valence-corrected chi connectivity index (χ3v) is 2.53. The number of aryl methyl sites for hydroxylation is 1. The molecule has 4 heteroatoms. The number of halogens is 2. The Balaban J connectivity index is 2.63. The summed E-state index contributed by atoms with van der Waals surface area (Å²) in [6.07, 6.45) is 1.57. The van der Waals surface area contributed by atoms with Crippen molar-refractivity contribution < 1.29 is 13.5 Å². The van der Waals surface area contributed by atoms with Crippen LogP contribution in [0, 0.1) is 18.6 Å². The molecule has 1 heterocycles. The lowest BCUT2D eigenvalue weighted by atomic mass is 10.0. The number of nitrogens with zero attached hydrogens (tertiary/aromatic N) is 1. The number of benzene rings is 1. The maximum atomic E-state index is 13.7. The number of ether oxygens (including phenoxy) is 1. The lowest BCUT2D eigenvalue weighted by molar-refractivity contribution is 0.398. The molecule has 2 rings (SSSR count). The fourth-order valence-electron chi connectivity index (χ4n) is 1.62. The molecule has 88 valence electrons. The van der Waals surface area contributed by atoms with Crippen molar-refractivity contribution >= 4 is 0 Å². The van der Waals surface area contributed by atoms with Crippen molar-refractivity contribution in [2.45, 2.75) is 6.92 Å². The molecule has 0 N–H and O–H groups in total. The summed E-state index contributed by atoms with van der Waals surface area (Å²) in [5.74, 6) is -1.35. The van der Waals surface area contributed by atoms with E-state index in [1.54, 1.807) is 19.2 Å². The van der Waals surface area contributed by atoms with Gasteiger partial charge in [-0.25, -0.2) is 13.8 Å². The summed E-state index contributed by atoms with van der Waals surface area (Å²) < 4.78 is 31.8. The Morgan fingerprint density at radius 3 is 2.65 bits per heavy atom. The Hall–Kier alpha value is -1.97. The fourth-order valence-corrected chi connectivity index (χ4v) is 1.62. The van der Waals surface area contributed by atoms with Crippen LogP contribution in [0.5, 0.6) is 5.88 Å². The number of aromatic nitrogens is 1. The van der Waals surface area contributed by atoms with Crippen LogP contribution in [0.25, 0.3) is 11.1 Å². The SMILES string of the molecule is COc1cc(-c2cccc(F)c2F)c(C)cn1. The van der Waals surface area contributed by atoms with Gasteiger partial charge in [0.15, 0.2) is 11.6 Å². The van der Waals surface area contributed by atoms with Gasteiger partial charge in [-0.05, 0) is 24.1 Å². The van der Waals surface area contributed by atoms with E-state index in [2.05, 4.69) is 4.98 Å². The second kappa shape index (κ2) is 4.49. The van der Waals surface area contributed by atoms with E-state index in [0.29, 0.717) is 11.4 Å². The highest BCUT2D eigenvalue weighted by molar-refractivity contribution is 5.68. The Morgan fingerprint density at radius 1 is 1.18 bits per heavy atom. The molecule has 0 fully saturated rings. The van der Waals surface area contributed by atoms with Crippen LogP contribution in [0.15, 0.2) is 30.5 Å². The average molecular weight is 235 g/mol. The third-order valence-electron chi connectivity index (χ3n) is 2.53. The zero-order chi connectivity index (χ0) is 12.4. The minimum absolute atomic E-state index is 0.211. The molecule has 0 atom stereocenters. The highest BCUT2D eigenvalue weighted by Gasteiger charge is 2.12. The number of methoxy groups -OCH3 is 1. The van der Waals surface area contributed by atoms with E-state index >= 15 is 0 Å². The van der Waals surface area contributed by atoms with Crippen molar-refractivity contribution in [3.8, 4) is 17.0 Å². The molecule has 0 radical (unpaired) electrons. The molecule has 2 aromatic rings. The number of hydrogen-bond donors (Lipinski definition) is 0. The topological polar surface area (TPSA) is 22.1 Å². The number of hydrogen-bond acceptors (Lipinski definition) is 2. The van der Waals surface area contributed by atoms with Crippen LogP contribution in [-0.4, -0.2) is 12.1 Å². The molecular formula is C13H11F2NO.